The van der Waals surface area contributed by atoms with Gasteiger partial charge in [-0.1, -0.05) is 6.42 Å². The standard InChI is InChI=1S/C17H30N4/c1-13(2)21-11-14-5-4-6-15(12-21)17(14)19-8-7-16-18-9-10-20(16)3/h9-10,13-15,17,19H,4-8,11-12H2,1-3H3. The van der Waals surface area contributed by atoms with Crippen molar-refractivity contribution in [3.8, 4) is 0 Å². The fraction of sp³-hybridized carbons (Fsp3) is 0.824. The van der Waals surface area contributed by atoms with Gasteiger partial charge in [-0.05, 0) is 38.5 Å². The van der Waals surface area contributed by atoms with Crippen molar-refractivity contribution in [1.29, 1.82) is 0 Å². The second-order valence-electron chi connectivity index (χ2n) is 7.18. The molecule has 2 bridgehead atoms. The predicted octanol–water partition coefficient (Wildman–Crippen LogP) is 2.06. The Hall–Kier alpha value is -0.870. The van der Waals surface area contributed by atoms with Gasteiger partial charge in [0.15, 0.2) is 0 Å². The number of nitrogens with zero attached hydrogens (tertiary/aromatic N) is 3. The van der Waals surface area contributed by atoms with E-state index in [1.54, 1.807) is 0 Å². The number of aryl methyl sites for hydroxylation is 1. The van der Waals surface area contributed by atoms with Crippen LogP contribution >= 0.6 is 0 Å². The molecule has 2 unspecified atom stereocenters. The lowest BCUT2D eigenvalue weighted by molar-refractivity contribution is 0.0299. The van der Waals surface area contributed by atoms with Crippen molar-refractivity contribution >= 4 is 0 Å². The predicted molar refractivity (Wildman–Crippen MR) is 86.2 cm³/mol. The summed E-state index contributed by atoms with van der Waals surface area (Å²) in [4.78, 5) is 7.11. The van der Waals surface area contributed by atoms with Gasteiger partial charge in [-0.25, -0.2) is 4.98 Å². The molecule has 1 saturated heterocycles. The summed E-state index contributed by atoms with van der Waals surface area (Å²) in [6, 6.07) is 1.43. The first-order valence-corrected chi connectivity index (χ1v) is 8.58. The Morgan fingerprint density at radius 3 is 2.57 bits per heavy atom. The average Bonchev–Trinajstić information content (AvgIpc) is 2.83. The zero-order chi connectivity index (χ0) is 14.8. The first kappa shape index (κ1) is 15.0. The van der Waals surface area contributed by atoms with Gasteiger partial charge in [0.05, 0.1) is 0 Å². The SMILES string of the molecule is CC(C)N1CC2CCCC(C1)C2NCCc1nccn1C. The van der Waals surface area contributed by atoms with Crippen LogP contribution in [0.25, 0.3) is 0 Å². The Kier molecular flexibility index (Phi) is 4.65. The Morgan fingerprint density at radius 1 is 1.29 bits per heavy atom. The van der Waals surface area contributed by atoms with Gasteiger partial charge in [-0.3, -0.25) is 0 Å². The molecule has 118 valence electrons. The summed E-state index contributed by atoms with van der Waals surface area (Å²) in [5.74, 6) is 2.88. The summed E-state index contributed by atoms with van der Waals surface area (Å²) in [5, 5.41) is 3.87. The van der Waals surface area contributed by atoms with Crippen LogP contribution in [0.2, 0.25) is 0 Å². The quantitative estimate of drug-likeness (QED) is 0.901. The number of aromatic nitrogens is 2. The Bertz CT molecular complexity index is 439. The van der Waals surface area contributed by atoms with Gasteiger partial charge in [-0.2, -0.15) is 0 Å². The zero-order valence-corrected chi connectivity index (χ0v) is 13.8. The topological polar surface area (TPSA) is 33.1 Å². The Labute approximate surface area is 128 Å². The van der Waals surface area contributed by atoms with E-state index in [9.17, 15) is 0 Å². The van der Waals surface area contributed by atoms with Crippen LogP contribution in [0.1, 0.15) is 38.9 Å². The monoisotopic (exact) mass is 290 g/mol. The van der Waals surface area contributed by atoms with E-state index in [4.69, 9.17) is 0 Å². The van der Waals surface area contributed by atoms with Crippen LogP contribution in [0.4, 0.5) is 0 Å². The van der Waals surface area contributed by atoms with E-state index in [0.717, 1.165) is 30.8 Å². The third-order valence-electron chi connectivity index (χ3n) is 5.48. The minimum atomic E-state index is 0.696. The molecule has 1 aromatic rings. The lowest BCUT2D eigenvalue weighted by Crippen LogP contribution is -2.58. The molecule has 4 heteroatoms. The molecule has 2 aliphatic rings. The zero-order valence-electron chi connectivity index (χ0n) is 13.8. The van der Waals surface area contributed by atoms with E-state index in [0.29, 0.717) is 6.04 Å². The van der Waals surface area contributed by atoms with Gasteiger partial charge in [0.25, 0.3) is 0 Å². The van der Waals surface area contributed by atoms with Crippen molar-refractivity contribution in [2.75, 3.05) is 19.6 Å². The van der Waals surface area contributed by atoms with E-state index in [1.807, 2.05) is 12.4 Å². The van der Waals surface area contributed by atoms with Crippen LogP contribution in [-0.4, -0.2) is 46.2 Å². The van der Waals surface area contributed by atoms with Crippen molar-refractivity contribution in [3.63, 3.8) is 0 Å². The van der Waals surface area contributed by atoms with Crippen molar-refractivity contribution in [2.24, 2.45) is 18.9 Å². The molecule has 0 amide bonds. The summed E-state index contributed by atoms with van der Waals surface area (Å²) in [5.41, 5.74) is 0. The molecule has 2 heterocycles. The highest BCUT2D eigenvalue weighted by Crippen LogP contribution is 2.35. The molecule has 1 aliphatic heterocycles. The van der Waals surface area contributed by atoms with Crippen LogP contribution in [-0.2, 0) is 13.5 Å². The van der Waals surface area contributed by atoms with E-state index in [-0.39, 0.29) is 0 Å². The number of imidazole rings is 1. The molecule has 2 fully saturated rings. The van der Waals surface area contributed by atoms with Gasteiger partial charge >= 0.3 is 0 Å². The number of nitrogens with one attached hydrogen (secondary N) is 1. The smallest absolute Gasteiger partial charge is 0.109 e. The number of piperidine rings is 1. The summed E-state index contributed by atoms with van der Waals surface area (Å²) in [7, 11) is 2.08. The van der Waals surface area contributed by atoms with E-state index >= 15 is 0 Å². The number of hydrogen-bond acceptors (Lipinski definition) is 3. The van der Waals surface area contributed by atoms with Crippen molar-refractivity contribution in [2.45, 2.75) is 51.6 Å². The van der Waals surface area contributed by atoms with Gasteiger partial charge in [-0.15, -0.1) is 0 Å². The largest absolute Gasteiger partial charge is 0.338 e. The summed E-state index contributed by atoms with van der Waals surface area (Å²) in [6.45, 7) is 8.31. The average molecular weight is 290 g/mol. The molecule has 0 spiro atoms. The maximum absolute atomic E-state index is 4.42. The molecule has 3 rings (SSSR count). The molecule has 1 aliphatic carbocycles. The highest BCUT2D eigenvalue weighted by atomic mass is 15.2. The fourth-order valence-electron chi connectivity index (χ4n) is 4.22. The van der Waals surface area contributed by atoms with Crippen LogP contribution < -0.4 is 5.32 Å². The summed E-state index contributed by atoms with van der Waals surface area (Å²) in [6.07, 6.45) is 9.20. The number of likely N-dealkylation sites (tertiary alicyclic amines) is 1. The molecule has 1 saturated carbocycles. The number of hydrogen-bond donors (Lipinski definition) is 1. The molecule has 4 nitrogen and oxygen atoms in total. The molecule has 1 aromatic heterocycles. The van der Waals surface area contributed by atoms with E-state index in [1.165, 1.54) is 38.2 Å². The summed E-state index contributed by atoms with van der Waals surface area (Å²) < 4.78 is 2.13. The molecule has 2 atom stereocenters. The second-order valence-corrected chi connectivity index (χ2v) is 7.18. The first-order chi connectivity index (χ1) is 10.1. The molecule has 0 aromatic carbocycles. The van der Waals surface area contributed by atoms with Gasteiger partial charge in [0.1, 0.15) is 5.82 Å². The summed E-state index contributed by atoms with van der Waals surface area (Å²) >= 11 is 0. The Morgan fingerprint density at radius 2 is 2.00 bits per heavy atom. The third-order valence-corrected chi connectivity index (χ3v) is 5.48. The molecular weight excluding hydrogens is 260 g/mol. The minimum absolute atomic E-state index is 0.696. The van der Waals surface area contributed by atoms with E-state index < -0.39 is 0 Å². The first-order valence-electron chi connectivity index (χ1n) is 8.58. The second kappa shape index (κ2) is 6.49. The molecule has 1 N–H and O–H groups in total. The van der Waals surface area contributed by atoms with Gasteiger partial charge in [0.2, 0.25) is 0 Å². The highest BCUT2D eigenvalue weighted by Gasteiger charge is 2.39. The fourth-order valence-corrected chi connectivity index (χ4v) is 4.22. The van der Waals surface area contributed by atoms with Crippen molar-refractivity contribution in [3.05, 3.63) is 18.2 Å². The molecule has 21 heavy (non-hydrogen) atoms. The van der Waals surface area contributed by atoms with Crippen LogP contribution in [0.15, 0.2) is 12.4 Å². The maximum atomic E-state index is 4.42. The van der Waals surface area contributed by atoms with Gasteiger partial charge in [0, 0.05) is 57.6 Å². The van der Waals surface area contributed by atoms with Crippen molar-refractivity contribution in [1.82, 2.24) is 19.8 Å². The highest BCUT2D eigenvalue weighted by molar-refractivity contribution is 4.97. The molecule has 0 radical (unpaired) electrons. The maximum Gasteiger partial charge on any atom is 0.109 e. The minimum Gasteiger partial charge on any atom is -0.338 e. The third kappa shape index (κ3) is 3.32. The lowest BCUT2D eigenvalue weighted by Gasteiger charge is -2.49. The number of fused-ring (bicyclic) bond motifs is 2. The van der Waals surface area contributed by atoms with Crippen LogP contribution in [0, 0.1) is 11.8 Å². The lowest BCUT2D eigenvalue weighted by atomic mass is 9.73. The Balaban J connectivity index is 1.54. The van der Waals surface area contributed by atoms with Crippen molar-refractivity contribution < 1.29 is 0 Å². The van der Waals surface area contributed by atoms with E-state index in [2.05, 4.69) is 40.7 Å². The van der Waals surface area contributed by atoms with Gasteiger partial charge < -0.3 is 14.8 Å². The normalized spacial score (nSPS) is 30.0. The molecular formula is C17H30N4. The number of rotatable bonds is 5. The van der Waals surface area contributed by atoms with Crippen LogP contribution in [0.5, 0.6) is 0 Å². The van der Waals surface area contributed by atoms with Crippen LogP contribution in [0.3, 0.4) is 0 Å².